The summed E-state index contributed by atoms with van der Waals surface area (Å²) in [4.78, 5) is 3.61. The Bertz CT molecular complexity index is 588. The van der Waals surface area contributed by atoms with Gasteiger partial charge in [0.15, 0.2) is 11.6 Å². The molecule has 1 aliphatic rings. The van der Waals surface area contributed by atoms with Gasteiger partial charge in [-0.3, -0.25) is 4.90 Å². The maximum absolute atomic E-state index is 14.1. The zero-order chi connectivity index (χ0) is 14.7. The summed E-state index contributed by atoms with van der Waals surface area (Å²) in [6.07, 6.45) is 0. The second-order valence-corrected chi connectivity index (χ2v) is 6.05. The largest absolute Gasteiger partial charge is 0.493 e. The second kappa shape index (κ2) is 7.92. The Morgan fingerprint density at radius 3 is 2.64 bits per heavy atom. The average molecular weight is 343 g/mol. The van der Waals surface area contributed by atoms with E-state index in [2.05, 4.69) is 21.7 Å². The number of thiophene rings is 1. The van der Waals surface area contributed by atoms with E-state index in [4.69, 9.17) is 4.74 Å². The van der Waals surface area contributed by atoms with Crippen LogP contribution in [-0.4, -0.2) is 38.2 Å². The van der Waals surface area contributed by atoms with Gasteiger partial charge in [-0.1, -0.05) is 18.2 Å². The predicted octanol–water partition coefficient (Wildman–Crippen LogP) is 3.31. The molecule has 22 heavy (non-hydrogen) atoms. The lowest BCUT2D eigenvalue weighted by Gasteiger charge is -2.35. The summed E-state index contributed by atoms with van der Waals surface area (Å²) in [5.74, 6) is 0.0566. The molecule has 1 aromatic heterocycles. The normalized spacial score (nSPS) is 16.8. The Kier molecular flexibility index (Phi) is 6.20. The molecule has 1 atom stereocenters. The maximum Gasteiger partial charge on any atom is 0.165 e. The molecular weight excluding hydrogens is 323 g/mol. The molecule has 0 spiro atoms. The minimum absolute atomic E-state index is 0. The molecule has 6 heteroatoms. The number of para-hydroxylation sites is 1. The maximum atomic E-state index is 14.1. The van der Waals surface area contributed by atoms with Crippen molar-refractivity contribution in [2.24, 2.45) is 0 Å². The van der Waals surface area contributed by atoms with Crippen molar-refractivity contribution in [3.05, 3.63) is 52.0 Å². The van der Waals surface area contributed by atoms with Crippen molar-refractivity contribution in [1.29, 1.82) is 0 Å². The fraction of sp³-hybridized carbons (Fsp3) is 0.375. The first kappa shape index (κ1) is 17.2. The van der Waals surface area contributed by atoms with Crippen LogP contribution in [0, 0.1) is 5.82 Å². The monoisotopic (exact) mass is 342 g/mol. The number of halogens is 2. The molecule has 0 saturated carbocycles. The van der Waals surface area contributed by atoms with Crippen molar-refractivity contribution in [2.75, 3.05) is 33.3 Å². The number of rotatable bonds is 4. The Morgan fingerprint density at radius 1 is 1.23 bits per heavy atom. The van der Waals surface area contributed by atoms with Crippen LogP contribution in [0.3, 0.4) is 0 Å². The second-order valence-electron chi connectivity index (χ2n) is 5.07. The van der Waals surface area contributed by atoms with E-state index in [-0.39, 0.29) is 24.3 Å². The van der Waals surface area contributed by atoms with Crippen LogP contribution in [0.5, 0.6) is 5.75 Å². The summed E-state index contributed by atoms with van der Waals surface area (Å²) in [5, 5.41) is 5.43. The highest BCUT2D eigenvalue weighted by Gasteiger charge is 2.28. The summed E-state index contributed by atoms with van der Waals surface area (Å²) in [6.45, 7) is 3.81. The topological polar surface area (TPSA) is 24.5 Å². The van der Waals surface area contributed by atoms with Crippen LogP contribution in [0.1, 0.15) is 16.5 Å². The van der Waals surface area contributed by atoms with Gasteiger partial charge in [0.1, 0.15) is 0 Å². The van der Waals surface area contributed by atoms with Gasteiger partial charge in [0.2, 0.25) is 0 Å². The van der Waals surface area contributed by atoms with E-state index in [0.717, 1.165) is 31.7 Å². The number of piperazine rings is 1. The summed E-state index contributed by atoms with van der Waals surface area (Å²) in [6, 6.07) is 9.39. The summed E-state index contributed by atoms with van der Waals surface area (Å²) in [5.41, 5.74) is 0.904. The molecule has 1 aromatic carbocycles. The van der Waals surface area contributed by atoms with Crippen LogP contribution >= 0.6 is 23.7 Å². The fourth-order valence-corrected chi connectivity index (χ4v) is 3.75. The van der Waals surface area contributed by atoms with Gasteiger partial charge in [-0.05, 0) is 17.5 Å². The number of ether oxygens (including phenoxy) is 1. The SMILES string of the molecule is COc1c(F)cccc1[C@@H](c1cccs1)N1CCNCC1.Cl. The van der Waals surface area contributed by atoms with Crippen molar-refractivity contribution < 1.29 is 9.13 Å². The van der Waals surface area contributed by atoms with E-state index in [1.165, 1.54) is 18.1 Å². The van der Waals surface area contributed by atoms with Crippen LogP contribution in [0.15, 0.2) is 35.7 Å². The van der Waals surface area contributed by atoms with Crippen LogP contribution in [0.4, 0.5) is 4.39 Å². The number of hydrogen-bond acceptors (Lipinski definition) is 4. The van der Waals surface area contributed by atoms with Gasteiger partial charge >= 0.3 is 0 Å². The molecule has 0 aliphatic carbocycles. The zero-order valence-electron chi connectivity index (χ0n) is 12.4. The highest BCUT2D eigenvalue weighted by atomic mass is 35.5. The van der Waals surface area contributed by atoms with Crippen LogP contribution in [0.2, 0.25) is 0 Å². The molecule has 1 N–H and O–H groups in total. The molecule has 0 bridgehead atoms. The van der Waals surface area contributed by atoms with Gasteiger partial charge < -0.3 is 10.1 Å². The average Bonchev–Trinajstić information content (AvgIpc) is 3.03. The molecular formula is C16H20ClFN2OS. The third kappa shape index (κ3) is 3.43. The fourth-order valence-electron chi connectivity index (χ4n) is 2.87. The third-order valence-electron chi connectivity index (χ3n) is 3.83. The highest BCUT2D eigenvalue weighted by molar-refractivity contribution is 7.10. The molecule has 1 saturated heterocycles. The Labute approximate surface area is 140 Å². The zero-order valence-corrected chi connectivity index (χ0v) is 14.1. The van der Waals surface area contributed by atoms with Crippen molar-refractivity contribution in [2.45, 2.75) is 6.04 Å². The number of benzene rings is 1. The van der Waals surface area contributed by atoms with E-state index in [1.54, 1.807) is 17.4 Å². The standard InChI is InChI=1S/C16H19FN2OS.ClH/c1-20-16-12(4-2-5-13(16)17)15(14-6-3-11-21-14)19-9-7-18-8-10-19;/h2-6,11,15,18H,7-10H2,1H3;1H/t15-;/m0./s1. The minimum atomic E-state index is -0.299. The lowest BCUT2D eigenvalue weighted by atomic mass is 10.0. The molecule has 120 valence electrons. The first-order chi connectivity index (χ1) is 10.3. The molecule has 1 aliphatic heterocycles. The van der Waals surface area contributed by atoms with E-state index < -0.39 is 0 Å². The van der Waals surface area contributed by atoms with Gasteiger partial charge in [-0.25, -0.2) is 4.39 Å². The van der Waals surface area contributed by atoms with E-state index in [1.807, 2.05) is 12.1 Å². The predicted molar refractivity (Wildman–Crippen MR) is 90.8 cm³/mol. The molecule has 0 amide bonds. The van der Waals surface area contributed by atoms with Gasteiger partial charge in [-0.15, -0.1) is 23.7 Å². The molecule has 0 unspecified atom stereocenters. The highest BCUT2D eigenvalue weighted by Crippen LogP contribution is 2.38. The number of methoxy groups -OCH3 is 1. The van der Waals surface area contributed by atoms with Crippen molar-refractivity contribution in [3.63, 3.8) is 0 Å². The van der Waals surface area contributed by atoms with Crippen LogP contribution < -0.4 is 10.1 Å². The summed E-state index contributed by atoms with van der Waals surface area (Å²) < 4.78 is 19.4. The van der Waals surface area contributed by atoms with Gasteiger partial charge in [0, 0.05) is 36.6 Å². The van der Waals surface area contributed by atoms with Crippen LogP contribution in [-0.2, 0) is 0 Å². The van der Waals surface area contributed by atoms with Gasteiger partial charge in [0.05, 0.1) is 13.2 Å². The molecule has 3 rings (SSSR count). The van der Waals surface area contributed by atoms with Crippen molar-refractivity contribution in [3.8, 4) is 5.75 Å². The summed E-state index contributed by atoms with van der Waals surface area (Å²) in [7, 11) is 1.53. The molecule has 3 nitrogen and oxygen atoms in total. The molecule has 0 radical (unpaired) electrons. The molecule has 2 heterocycles. The lowest BCUT2D eigenvalue weighted by Crippen LogP contribution is -2.45. The van der Waals surface area contributed by atoms with E-state index in [9.17, 15) is 4.39 Å². The third-order valence-corrected chi connectivity index (χ3v) is 4.75. The van der Waals surface area contributed by atoms with Gasteiger partial charge in [0.25, 0.3) is 0 Å². The van der Waals surface area contributed by atoms with Crippen molar-refractivity contribution >= 4 is 23.7 Å². The van der Waals surface area contributed by atoms with E-state index >= 15 is 0 Å². The first-order valence-corrected chi connectivity index (χ1v) is 8.00. The smallest absolute Gasteiger partial charge is 0.165 e. The summed E-state index contributed by atoms with van der Waals surface area (Å²) >= 11 is 1.70. The Hall–Kier alpha value is -1.14. The van der Waals surface area contributed by atoms with E-state index in [0.29, 0.717) is 5.75 Å². The Morgan fingerprint density at radius 2 is 2.00 bits per heavy atom. The molecule has 2 aromatic rings. The number of nitrogens with zero attached hydrogens (tertiary/aromatic N) is 1. The lowest BCUT2D eigenvalue weighted by molar-refractivity contribution is 0.197. The Balaban J connectivity index is 0.00000176. The molecule has 1 fully saturated rings. The minimum Gasteiger partial charge on any atom is -0.493 e. The first-order valence-electron chi connectivity index (χ1n) is 7.12. The van der Waals surface area contributed by atoms with Crippen molar-refractivity contribution in [1.82, 2.24) is 10.2 Å². The quantitative estimate of drug-likeness (QED) is 0.922. The van der Waals surface area contributed by atoms with Gasteiger partial charge in [-0.2, -0.15) is 0 Å². The van der Waals surface area contributed by atoms with Crippen LogP contribution in [0.25, 0.3) is 0 Å². The number of nitrogens with one attached hydrogen (secondary N) is 1. The number of hydrogen-bond donors (Lipinski definition) is 1.